The Labute approximate surface area is 133 Å². The molecule has 0 bridgehead atoms. The van der Waals surface area contributed by atoms with Gasteiger partial charge in [-0.1, -0.05) is 22.0 Å². The number of carbonyl (C=O) groups is 1. The normalized spacial score (nSPS) is 10.2. The summed E-state index contributed by atoms with van der Waals surface area (Å²) >= 11 is 3.40. The fourth-order valence-electron chi connectivity index (χ4n) is 1.99. The number of carbonyl (C=O) groups excluding carboxylic acids is 1. The first-order valence-electron chi connectivity index (χ1n) is 6.89. The van der Waals surface area contributed by atoms with Crippen LogP contribution in [0.2, 0.25) is 0 Å². The Balaban J connectivity index is 1.92. The van der Waals surface area contributed by atoms with Gasteiger partial charge in [-0.05, 0) is 49.2 Å². The van der Waals surface area contributed by atoms with Crippen LogP contribution in [0.1, 0.15) is 12.5 Å². The van der Waals surface area contributed by atoms with Crippen LogP contribution in [0, 0.1) is 0 Å². The molecule has 1 heterocycles. The van der Waals surface area contributed by atoms with Crippen LogP contribution in [0.25, 0.3) is 0 Å². The Kier molecular flexibility index (Phi) is 5.75. The summed E-state index contributed by atoms with van der Waals surface area (Å²) in [7, 11) is 0. The predicted molar refractivity (Wildman–Crippen MR) is 88.3 cm³/mol. The van der Waals surface area contributed by atoms with Crippen LogP contribution < -0.4 is 5.32 Å². The van der Waals surface area contributed by atoms with E-state index in [0.29, 0.717) is 13.1 Å². The van der Waals surface area contributed by atoms with E-state index in [9.17, 15) is 4.79 Å². The SMILES string of the molecule is CCN(CCc1ccncc1)C(=O)Nc1cccc(Br)c1. The number of likely N-dealkylation sites (N-methyl/N-ethyl adjacent to an activating group) is 1. The predicted octanol–water partition coefficient (Wildman–Crippen LogP) is 3.94. The Morgan fingerprint density at radius 1 is 1.29 bits per heavy atom. The van der Waals surface area contributed by atoms with Gasteiger partial charge in [0.2, 0.25) is 0 Å². The van der Waals surface area contributed by atoms with Crippen LogP contribution >= 0.6 is 15.9 Å². The summed E-state index contributed by atoms with van der Waals surface area (Å²) in [5.41, 5.74) is 1.97. The van der Waals surface area contributed by atoms with Crippen molar-refractivity contribution < 1.29 is 4.79 Å². The van der Waals surface area contributed by atoms with Crippen molar-refractivity contribution in [1.82, 2.24) is 9.88 Å². The van der Waals surface area contributed by atoms with Gasteiger partial charge in [0.05, 0.1) is 0 Å². The summed E-state index contributed by atoms with van der Waals surface area (Å²) in [5, 5.41) is 2.91. The first kappa shape index (κ1) is 15.5. The van der Waals surface area contributed by atoms with Crippen molar-refractivity contribution in [2.75, 3.05) is 18.4 Å². The highest BCUT2D eigenvalue weighted by Crippen LogP contribution is 2.16. The van der Waals surface area contributed by atoms with Crippen molar-refractivity contribution in [2.45, 2.75) is 13.3 Å². The zero-order chi connectivity index (χ0) is 15.1. The number of halogens is 1. The molecule has 0 unspecified atom stereocenters. The lowest BCUT2D eigenvalue weighted by Crippen LogP contribution is -2.36. The third-order valence-electron chi connectivity index (χ3n) is 3.16. The lowest BCUT2D eigenvalue weighted by atomic mass is 10.2. The van der Waals surface area contributed by atoms with E-state index in [-0.39, 0.29) is 6.03 Å². The molecule has 2 aromatic rings. The van der Waals surface area contributed by atoms with Crippen LogP contribution in [0.5, 0.6) is 0 Å². The third kappa shape index (κ3) is 4.86. The van der Waals surface area contributed by atoms with Gasteiger partial charge < -0.3 is 10.2 Å². The summed E-state index contributed by atoms with van der Waals surface area (Å²) in [4.78, 5) is 18.1. The van der Waals surface area contributed by atoms with Crippen molar-refractivity contribution in [3.8, 4) is 0 Å². The van der Waals surface area contributed by atoms with E-state index in [1.165, 1.54) is 5.56 Å². The smallest absolute Gasteiger partial charge is 0.321 e. The summed E-state index contributed by atoms with van der Waals surface area (Å²) in [6, 6.07) is 11.4. The second kappa shape index (κ2) is 7.78. The summed E-state index contributed by atoms with van der Waals surface area (Å²) in [6.45, 7) is 3.33. The summed E-state index contributed by atoms with van der Waals surface area (Å²) in [6.07, 6.45) is 4.36. The zero-order valence-electron chi connectivity index (χ0n) is 11.9. The number of nitrogens with one attached hydrogen (secondary N) is 1. The van der Waals surface area contributed by atoms with Gasteiger partial charge in [-0.25, -0.2) is 4.79 Å². The number of pyridine rings is 1. The molecule has 0 aliphatic heterocycles. The number of hydrogen-bond acceptors (Lipinski definition) is 2. The molecule has 0 saturated heterocycles. The average Bonchev–Trinajstić information content (AvgIpc) is 2.49. The highest BCUT2D eigenvalue weighted by atomic mass is 79.9. The second-order valence-electron chi connectivity index (χ2n) is 4.63. The van der Waals surface area contributed by atoms with Gasteiger partial charge in [0, 0.05) is 35.6 Å². The van der Waals surface area contributed by atoms with Crippen LogP contribution in [-0.4, -0.2) is 29.0 Å². The summed E-state index contributed by atoms with van der Waals surface area (Å²) < 4.78 is 0.945. The van der Waals surface area contributed by atoms with Crippen LogP contribution in [0.15, 0.2) is 53.3 Å². The largest absolute Gasteiger partial charge is 0.324 e. The van der Waals surface area contributed by atoms with Gasteiger partial charge in [0.1, 0.15) is 0 Å². The molecule has 5 heteroatoms. The van der Waals surface area contributed by atoms with Gasteiger partial charge in [-0.3, -0.25) is 4.98 Å². The number of urea groups is 1. The van der Waals surface area contributed by atoms with Gasteiger partial charge in [0.15, 0.2) is 0 Å². The van der Waals surface area contributed by atoms with Crippen LogP contribution in [0.3, 0.4) is 0 Å². The lowest BCUT2D eigenvalue weighted by molar-refractivity contribution is 0.215. The summed E-state index contributed by atoms with van der Waals surface area (Å²) in [5.74, 6) is 0. The van der Waals surface area contributed by atoms with E-state index in [4.69, 9.17) is 0 Å². The molecule has 0 radical (unpaired) electrons. The maximum Gasteiger partial charge on any atom is 0.321 e. The number of benzene rings is 1. The first-order chi connectivity index (χ1) is 10.2. The monoisotopic (exact) mass is 347 g/mol. The number of anilines is 1. The highest BCUT2D eigenvalue weighted by molar-refractivity contribution is 9.10. The molecule has 1 N–H and O–H groups in total. The van der Waals surface area contributed by atoms with Gasteiger partial charge in [0.25, 0.3) is 0 Å². The van der Waals surface area contributed by atoms with Gasteiger partial charge in [-0.15, -0.1) is 0 Å². The molecule has 0 atom stereocenters. The number of nitrogens with zero attached hydrogens (tertiary/aromatic N) is 2. The molecule has 1 aromatic carbocycles. The highest BCUT2D eigenvalue weighted by Gasteiger charge is 2.11. The van der Waals surface area contributed by atoms with E-state index < -0.39 is 0 Å². The van der Waals surface area contributed by atoms with Crippen molar-refractivity contribution >= 4 is 27.6 Å². The number of rotatable bonds is 5. The molecule has 21 heavy (non-hydrogen) atoms. The molecular weight excluding hydrogens is 330 g/mol. The second-order valence-corrected chi connectivity index (χ2v) is 5.54. The average molecular weight is 348 g/mol. The molecule has 2 rings (SSSR count). The van der Waals surface area contributed by atoms with E-state index in [1.54, 1.807) is 17.3 Å². The minimum Gasteiger partial charge on any atom is -0.324 e. The maximum atomic E-state index is 12.3. The van der Waals surface area contributed by atoms with E-state index in [2.05, 4.69) is 26.2 Å². The number of hydrogen-bond donors (Lipinski definition) is 1. The van der Waals surface area contributed by atoms with E-state index in [1.807, 2.05) is 43.3 Å². The molecule has 0 aliphatic carbocycles. The van der Waals surface area contributed by atoms with Crippen LogP contribution in [0.4, 0.5) is 10.5 Å². The topological polar surface area (TPSA) is 45.2 Å². The quantitative estimate of drug-likeness (QED) is 0.890. The van der Waals surface area contributed by atoms with E-state index >= 15 is 0 Å². The molecule has 2 amide bonds. The minimum atomic E-state index is -0.0790. The Morgan fingerprint density at radius 2 is 2.05 bits per heavy atom. The maximum absolute atomic E-state index is 12.3. The molecule has 1 aromatic heterocycles. The standard InChI is InChI=1S/C16H18BrN3O/c1-2-20(11-8-13-6-9-18-10-7-13)16(21)19-15-5-3-4-14(17)12-15/h3-7,9-10,12H,2,8,11H2,1H3,(H,19,21). The number of amides is 2. The minimum absolute atomic E-state index is 0.0790. The van der Waals surface area contributed by atoms with Crippen molar-refractivity contribution in [3.05, 3.63) is 58.8 Å². The molecule has 0 aliphatic rings. The molecule has 0 spiro atoms. The van der Waals surface area contributed by atoms with Crippen molar-refractivity contribution in [1.29, 1.82) is 0 Å². The first-order valence-corrected chi connectivity index (χ1v) is 7.68. The number of aromatic nitrogens is 1. The fourth-order valence-corrected chi connectivity index (χ4v) is 2.38. The van der Waals surface area contributed by atoms with Gasteiger partial charge in [-0.2, -0.15) is 0 Å². The lowest BCUT2D eigenvalue weighted by Gasteiger charge is -2.21. The Morgan fingerprint density at radius 3 is 2.71 bits per heavy atom. The zero-order valence-corrected chi connectivity index (χ0v) is 13.5. The molecular formula is C16H18BrN3O. The van der Waals surface area contributed by atoms with Crippen molar-refractivity contribution in [2.24, 2.45) is 0 Å². The van der Waals surface area contributed by atoms with Crippen LogP contribution in [-0.2, 0) is 6.42 Å². The Bertz CT molecular complexity index is 589. The van der Waals surface area contributed by atoms with E-state index in [0.717, 1.165) is 16.6 Å². The fraction of sp³-hybridized carbons (Fsp3) is 0.250. The van der Waals surface area contributed by atoms with Gasteiger partial charge >= 0.3 is 6.03 Å². The molecule has 4 nitrogen and oxygen atoms in total. The molecule has 0 saturated carbocycles. The molecule has 0 fully saturated rings. The Hall–Kier alpha value is -1.88. The molecule has 110 valence electrons. The van der Waals surface area contributed by atoms with Crippen molar-refractivity contribution in [3.63, 3.8) is 0 Å². The third-order valence-corrected chi connectivity index (χ3v) is 3.66.